The van der Waals surface area contributed by atoms with Crippen molar-refractivity contribution < 1.29 is 4.79 Å². The first-order chi connectivity index (χ1) is 10.2. The first-order valence-corrected chi connectivity index (χ1v) is 6.81. The fourth-order valence-electron chi connectivity index (χ4n) is 2.20. The number of carbonyl (C=O) groups excluding carboxylic acids is 1. The third-order valence-electron chi connectivity index (χ3n) is 3.48. The fourth-order valence-corrected chi connectivity index (χ4v) is 2.20. The Morgan fingerprint density at radius 3 is 3.00 bits per heavy atom. The van der Waals surface area contributed by atoms with E-state index in [9.17, 15) is 4.79 Å². The number of pyridine rings is 1. The van der Waals surface area contributed by atoms with Crippen molar-refractivity contribution in [2.24, 2.45) is 10.2 Å². The summed E-state index contributed by atoms with van der Waals surface area (Å²) in [5, 5.41) is 10.9. The average molecular weight is 281 g/mol. The van der Waals surface area contributed by atoms with Gasteiger partial charge in [0, 0.05) is 44.3 Å². The number of anilines is 1. The van der Waals surface area contributed by atoms with Crippen LogP contribution in [-0.4, -0.2) is 21.0 Å². The Morgan fingerprint density at radius 2 is 2.24 bits per heavy atom. The normalized spacial score (nSPS) is 14.8. The third-order valence-corrected chi connectivity index (χ3v) is 3.48. The van der Waals surface area contributed by atoms with Crippen molar-refractivity contribution >= 4 is 17.2 Å². The molecule has 0 bridgehead atoms. The Labute approximate surface area is 122 Å². The second-order valence-electron chi connectivity index (χ2n) is 5.05. The molecule has 0 saturated heterocycles. The van der Waals surface area contributed by atoms with Crippen LogP contribution in [0.25, 0.3) is 5.65 Å². The molecule has 0 aliphatic carbocycles. The van der Waals surface area contributed by atoms with E-state index in [-0.39, 0.29) is 5.91 Å². The molecule has 2 aromatic rings. The molecule has 2 aromatic heterocycles. The van der Waals surface area contributed by atoms with E-state index in [1.807, 2.05) is 28.9 Å². The summed E-state index contributed by atoms with van der Waals surface area (Å²) in [6.07, 6.45) is 13.0. The summed E-state index contributed by atoms with van der Waals surface area (Å²) in [5.74, 6) is 2.53. The number of fused-ring (bicyclic) bond motifs is 1. The van der Waals surface area contributed by atoms with E-state index in [1.54, 1.807) is 6.20 Å². The standard InChI is InChI=1S/C15H15N5O/c1-2-3-7-15(18-19-15)8-6-14(21)17-12-4-5-13-16-9-10-20(13)11-12/h1,4-5,9-11H,3,6-8H2,(H,17,21). The van der Waals surface area contributed by atoms with E-state index in [4.69, 9.17) is 6.42 Å². The van der Waals surface area contributed by atoms with Crippen molar-refractivity contribution in [2.75, 3.05) is 5.32 Å². The molecule has 0 atom stereocenters. The van der Waals surface area contributed by atoms with Gasteiger partial charge in [0.05, 0.1) is 5.69 Å². The Hall–Kier alpha value is -2.68. The summed E-state index contributed by atoms with van der Waals surface area (Å²) in [7, 11) is 0. The molecule has 0 radical (unpaired) electrons. The smallest absolute Gasteiger partial charge is 0.224 e. The number of hydrogen-bond donors (Lipinski definition) is 1. The minimum atomic E-state index is -0.405. The molecular weight excluding hydrogens is 266 g/mol. The lowest BCUT2D eigenvalue weighted by molar-refractivity contribution is -0.116. The van der Waals surface area contributed by atoms with Gasteiger partial charge >= 0.3 is 0 Å². The highest BCUT2D eigenvalue weighted by Gasteiger charge is 2.39. The van der Waals surface area contributed by atoms with Gasteiger partial charge in [0.25, 0.3) is 0 Å². The molecule has 1 amide bonds. The van der Waals surface area contributed by atoms with Crippen LogP contribution in [0.15, 0.2) is 41.0 Å². The topological polar surface area (TPSA) is 71.1 Å². The Kier molecular flexibility index (Phi) is 3.40. The van der Waals surface area contributed by atoms with Crippen molar-refractivity contribution in [3.63, 3.8) is 0 Å². The maximum atomic E-state index is 12.0. The van der Waals surface area contributed by atoms with Crippen molar-refractivity contribution in [1.82, 2.24) is 9.38 Å². The average Bonchev–Trinajstić information content (AvgIpc) is 3.11. The number of amides is 1. The molecule has 3 heterocycles. The lowest BCUT2D eigenvalue weighted by Gasteiger charge is -2.09. The fraction of sp³-hybridized carbons (Fsp3) is 0.333. The van der Waals surface area contributed by atoms with Gasteiger partial charge in [-0.05, 0) is 12.1 Å². The Balaban J connectivity index is 1.53. The largest absolute Gasteiger partial charge is 0.325 e. The zero-order valence-electron chi connectivity index (χ0n) is 11.5. The second-order valence-corrected chi connectivity index (χ2v) is 5.05. The highest BCUT2D eigenvalue weighted by Crippen LogP contribution is 2.37. The number of nitrogens with one attached hydrogen (secondary N) is 1. The quantitative estimate of drug-likeness (QED) is 0.827. The molecule has 21 heavy (non-hydrogen) atoms. The van der Waals surface area contributed by atoms with Crippen LogP contribution in [0.4, 0.5) is 5.69 Å². The predicted molar refractivity (Wildman–Crippen MR) is 78.7 cm³/mol. The highest BCUT2D eigenvalue weighted by atomic mass is 16.1. The number of terminal acetylenes is 1. The van der Waals surface area contributed by atoms with Crippen LogP contribution in [0.2, 0.25) is 0 Å². The lowest BCUT2D eigenvalue weighted by Crippen LogP contribution is -2.17. The van der Waals surface area contributed by atoms with Gasteiger partial charge in [0.15, 0.2) is 5.66 Å². The molecule has 6 heteroatoms. The molecule has 1 N–H and O–H groups in total. The van der Waals surface area contributed by atoms with Gasteiger partial charge in [-0.1, -0.05) is 0 Å². The highest BCUT2D eigenvalue weighted by molar-refractivity contribution is 5.90. The molecule has 106 valence electrons. The van der Waals surface area contributed by atoms with E-state index in [1.165, 1.54) is 0 Å². The molecule has 0 fully saturated rings. The Bertz CT molecular complexity index is 734. The number of aromatic nitrogens is 2. The SMILES string of the molecule is C#CCCC1(CCC(=O)Nc2ccc3nccn3c2)N=N1. The van der Waals surface area contributed by atoms with Crippen molar-refractivity contribution in [2.45, 2.75) is 31.3 Å². The summed E-state index contributed by atoms with van der Waals surface area (Å²) in [5.41, 5.74) is 1.18. The van der Waals surface area contributed by atoms with E-state index < -0.39 is 5.66 Å². The van der Waals surface area contributed by atoms with E-state index in [0.717, 1.165) is 17.8 Å². The lowest BCUT2D eigenvalue weighted by atomic mass is 10.0. The minimum Gasteiger partial charge on any atom is -0.325 e. The predicted octanol–water partition coefficient (Wildman–Crippen LogP) is 2.63. The molecule has 0 saturated carbocycles. The van der Waals surface area contributed by atoms with Gasteiger partial charge < -0.3 is 9.72 Å². The van der Waals surface area contributed by atoms with E-state index >= 15 is 0 Å². The number of nitrogens with zero attached hydrogens (tertiary/aromatic N) is 4. The van der Waals surface area contributed by atoms with Gasteiger partial charge in [0.2, 0.25) is 5.91 Å². The van der Waals surface area contributed by atoms with Crippen LogP contribution >= 0.6 is 0 Å². The minimum absolute atomic E-state index is 0.0492. The van der Waals surface area contributed by atoms with Crippen molar-refractivity contribution in [3.05, 3.63) is 30.7 Å². The maximum absolute atomic E-state index is 12.0. The monoisotopic (exact) mass is 281 g/mol. The van der Waals surface area contributed by atoms with Gasteiger partial charge in [-0.15, -0.1) is 12.3 Å². The summed E-state index contributed by atoms with van der Waals surface area (Å²) < 4.78 is 1.86. The Morgan fingerprint density at radius 1 is 1.38 bits per heavy atom. The van der Waals surface area contributed by atoms with Crippen LogP contribution in [0, 0.1) is 12.3 Å². The third kappa shape index (κ3) is 3.08. The molecule has 0 unspecified atom stereocenters. The molecule has 0 aromatic carbocycles. The number of carbonyl (C=O) groups is 1. The zero-order chi connectivity index (χ0) is 14.7. The zero-order valence-corrected chi connectivity index (χ0v) is 11.5. The van der Waals surface area contributed by atoms with Gasteiger partial charge in [0.1, 0.15) is 5.65 Å². The van der Waals surface area contributed by atoms with Crippen molar-refractivity contribution in [1.29, 1.82) is 0 Å². The molecule has 0 spiro atoms. The number of hydrogen-bond acceptors (Lipinski definition) is 4. The second kappa shape index (κ2) is 5.37. The summed E-state index contributed by atoms with van der Waals surface area (Å²) in [4.78, 5) is 16.1. The summed E-state index contributed by atoms with van der Waals surface area (Å²) in [6.45, 7) is 0. The van der Waals surface area contributed by atoms with Gasteiger partial charge in [-0.2, -0.15) is 10.2 Å². The number of imidazole rings is 1. The summed E-state index contributed by atoms with van der Waals surface area (Å²) in [6, 6.07) is 3.69. The van der Waals surface area contributed by atoms with Gasteiger partial charge in [-0.3, -0.25) is 4.79 Å². The van der Waals surface area contributed by atoms with Gasteiger partial charge in [-0.25, -0.2) is 4.98 Å². The van der Waals surface area contributed by atoms with Crippen LogP contribution in [-0.2, 0) is 4.79 Å². The number of rotatable bonds is 6. The van der Waals surface area contributed by atoms with E-state index in [2.05, 4.69) is 26.4 Å². The molecule has 1 aliphatic heterocycles. The van der Waals surface area contributed by atoms with E-state index in [0.29, 0.717) is 19.3 Å². The first-order valence-electron chi connectivity index (χ1n) is 6.81. The van der Waals surface area contributed by atoms with Crippen LogP contribution in [0.3, 0.4) is 0 Å². The van der Waals surface area contributed by atoms with Crippen LogP contribution in [0.1, 0.15) is 25.7 Å². The molecule has 1 aliphatic rings. The van der Waals surface area contributed by atoms with Crippen LogP contribution in [0.5, 0.6) is 0 Å². The van der Waals surface area contributed by atoms with Crippen LogP contribution < -0.4 is 5.32 Å². The summed E-state index contributed by atoms with van der Waals surface area (Å²) >= 11 is 0. The first kappa shape index (κ1) is 13.3. The molecule has 6 nitrogen and oxygen atoms in total. The van der Waals surface area contributed by atoms with Crippen molar-refractivity contribution in [3.8, 4) is 12.3 Å². The molecular formula is C15H15N5O. The maximum Gasteiger partial charge on any atom is 0.224 e. The molecule has 3 rings (SSSR count).